The zero-order valence-electron chi connectivity index (χ0n) is 7.55. The first-order valence-electron chi connectivity index (χ1n) is 4.19. The van der Waals surface area contributed by atoms with Crippen molar-refractivity contribution in [1.82, 2.24) is 0 Å². The summed E-state index contributed by atoms with van der Waals surface area (Å²) in [5.41, 5.74) is 11.1. The lowest BCUT2D eigenvalue weighted by Gasteiger charge is -2.12. The third-order valence-electron chi connectivity index (χ3n) is 1.88. The van der Waals surface area contributed by atoms with Gasteiger partial charge in [-0.05, 0) is 32.0 Å². The first kappa shape index (κ1) is 11.1. The van der Waals surface area contributed by atoms with Gasteiger partial charge in [-0.3, -0.25) is 0 Å². The molecule has 0 bridgehead atoms. The summed E-state index contributed by atoms with van der Waals surface area (Å²) in [7, 11) is 0.900. The Balaban J connectivity index is 3.22. The Hall–Kier alpha value is 0.0969. The van der Waals surface area contributed by atoms with Gasteiger partial charge >= 0.3 is 0 Å². The van der Waals surface area contributed by atoms with Gasteiger partial charge in [-0.25, -0.2) is 0 Å². The second kappa shape index (κ2) is 6.79. The summed E-state index contributed by atoms with van der Waals surface area (Å²) >= 11 is 0. The molecule has 0 rings (SSSR count). The normalized spacial score (nSPS) is 16.4. The molecule has 3 nitrogen and oxygen atoms in total. The lowest BCUT2D eigenvalue weighted by Crippen LogP contribution is -2.25. The summed E-state index contributed by atoms with van der Waals surface area (Å²) in [5.74, 6) is 0. The maximum absolute atomic E-state index is 5.77. The van der Waals surface area contributed by atoms with Crippen molar-refractivity contribution in [3.05, 3.63) is 0 Å². The number of nitrogens with two attached hydrogens (primary N) is 2. The van der Waals surface area contributed by atoms with Crippen LogP contribution in [0.25, 0.3) is 0 Å². The molecule has 4 heteroatoms. The minimum Gasteiger partial charge on any atom is -0.423 e. The molecule has 0 spiro atoms. The molecule has 0 saturated carbocycles. The summed E-state index contributed by atoms with van der Waals surface area (Å²) in [4.78, 5) is 0. The minimum absolute atomic E-state index is 0.282. The van der Waals surface area contributed by atoms with Crippen LogP contribution in [0.15, 0.2) is 0 Å². The van der Waals surface area contributed by atoms with E-state index in [4.69, 9.17) is 15.9 Å². The Bertz CT molecular complexity index is 92.5. The van der Waals surface area contributed by atoms with Crippen molar-refractivity contribution in [2.45, 2.75) is 31.5 Å². The van der Waals surface area contributed by atoms with Crippen LogP contribution in [0, 0.1) is 0 Å². The number of rotatable bonds is 6. The molecular formula is C7H20N2OSi. The van der Waals surface area contributed by atoms with E-state index in [2.05, 4.69) is 6.55 Å². The van der Waals surface area contributed by atoms with Crippen LogP contribution in [0.5, 0.6) is 0 Å². The summed E-state index contributed by atoms with van der Waals surface area (Å²) in [5, 5.41) is 0. The Kier molecular flexibility index (Phi) is 6.85. The standard InChI is InChI=1S/C7H20N2OSi/c1-10-11(2)6-4-7(9)3-5-8/h7,11H,3-6,8-9H2,1-2H3. The highest BCUT2D eigenvalue weighted by Gasteiger charge is 2.06. The fourth-order valence-electron chi connectivity index (χ4n) is 0.925. The molecule has 11 heavy (non-hydrogen) atoms. The van der Waals surface area contributed by atoms with Crippen LogP contribution in [0.3, 0.4) is 0 Å². The molecule has 0 aromatic rings. The fourth-order valence-corrected chi connectivity index (χ4v) is 2.06. The average molecular weight is 176 g/mol. The second-order valence-corrected chi connectivity index (χ2v) is 5.63. The van der Waals surface area contributed by atoms with Gasteiger partial charge in [0.2, 0.25) is 0 Å². The first-order chi connectivity index (χ1) is 5.20. The van der Waals surface area contributed by atoms with Gasteiger partial charge in [-0.15, -0.1) is 0 Å². The molecule has 0 aromatic carbocycles. The van der Waals surface area contributed by atoms with E-state index in [0.717, 1.165) is 18.9 Å². The highest BCUT2D eigenvalue weighted by molar-refractivity contribution is 6.50. The molecule has 4 N–H and O–H groups in total. The van der Waals surface area contributed by atoms with Gasteiger partial charge in [-0.2, -0.15) is 0 Å². The van der Waals surface area contributed by atoms with Gasteiger partial charge in [0.1, 0.15) is 0 Å². The van der Waals surface area contributed by atoms with Crippen LogP contribution in [0.4, 0.5) is 0 Å². The summed E-state index contributed by atoms with van der Waals surface area (Å²) in [6.45, 7) is 2.89. The molecule has 0 aliphatic heterocycles. The summed E-state index contributed by atoms with van der Waals surface area (Å²) in [6, 6.07) is 1.45. The van der Waals surface area contributed by atoms with E-state index < -0.39 is 9.04 Å². The Labute approximate surface area is 70.8 Å². The molecule has 0 aliphatic rings. The van der Waals surface area contributed by atoms with Gasteiger partial charge in [-0.1, -0.05) is 0 Å². The SMILES string of the molecule is CO[SiH](C)CCC(N)CCN. The molecule has 0 radical (unpaired) electrons. The molecule has 0 saturated heterocycles. The third kappa shape index (κ3) is 6.49. The zero-order chi connectivity index (χ0) is 8.69. The van der Waals surface area contributed by atoms with Crippen molar-refractivity contribution in [1.29, 1.82) is 0 Å². The van der Waals surface area contributed by atoms with Crippen molar-refractivity contribution in [2.24, 2.45) is 11.5 Å². The van der Waals surface area contributed by atoms with Gasteiger partial charge in [0.25, 0.3) is 0 Å². The van der Waals surface area contributed by atoms with E-state index in [0.29, 0.717) is 6.54 Å². The number of hydrogen-bond acceptors (Lipinski definition) is 3. The quantitative estimate of drug-likeness (QED) is 0.562. The van der Waals surface area contributed by atoms with E-state index in [-0.39, 0.29) is 6.04 Å². The Morgan fingerprint density at radius 3 is 2.55 bits per heavy atom. The molecule has 0 fully saturated rings. The van der Waals surface area contributed by atoms with Gasteiger partial charge in [0.15, 0.2) is 9.04 Å². The van der Waals surface area contributed by atoms with Crippen LogP contribution >= 0.6 is 0 Å². The van der Waals surface area contributed by atoms with Crippen LogP contribution in [0.1, 0.15) is 12.8 Å². The zero-order valence-corrected chi connectivity index (χ0v) is 8.70. The van der Waals surface area contributed by atoms with Crippen molar-refractivity contribution >= 4 is 9.04 Å². The monoisotopic (exact) mass is 176 g/mol. The van der Waals surface area contributed by atoms with Crippen molar-refractivity contribution in [2.75, 3.05) is 13.7 Å². The van der Waals surface area contributed by atoms with Crippen LogP contribution in [-0.4, -0.2) is 28.7 Å². The highest BCUT2D eigenvalue weighted by atomic mass is 28.3. The molecule has 0 aliphatic carbocycles. The molecule has 2 atom stereocenters. The maximum atomic E-state index is 5.77. The minimum atomic E-state index is -0.883. The van der Waals surface area contributed by atoms with Crippen molar-refractivity contribution in [3.63, 3.8) is 0 Å². The van der Waals surface area contributed by atoms with E-state index in [9.17, 15) is 0 Å². The van der Waals surface area contributed by atoms with E-state index >= 15 is 0 Å². The topological polar surface area (TPSA) is 61.3 Å². The lowest BCUT2D eigenvalue weighted by molar-refractivity contribution is 0.419. The molecule has 0 amide bonds. The van der Waals surface area contributed by atoms with Gasteiger partial charge in [0.05, 0.1) is 0 Å². The molecule has 68 valence electrons. The van der Waals surface area contributed by atoms with Crippen molar-refractivity contribution in [3.8, 4) is 0 Å². The highest BCUT2D eigenvalue weighted by Crippen LogP contribution is 2.02. The molecular weight excluding hydrogens is 156 g/mol. The molecule has 0 aromatic heterocycles. The largest absolute Gasteiger partial charge is 0.423 e. The van der Waals surface area contributed by atoms with Gasteiger partial charge in [0, 0.05) is 13.2 Å². The summed E-state index contributed by atoms with van der Waals surface area (Å²) in [6.07, 6.45) is 2.00. The smallest absolute Gasteiger partial charge is 0.173 e. The third-order valence-corrected chi connectivity index (χ3v) is 3.83. The average Bonchev–Trinajstić information content (AvgIpc) is 2.01. The van der Waals surface area contributed by atoms with E-state index in [1.807, 2.05) is 0 Å². The predicted octanol–water partition coefficient (Wildman–Crippen LogP) is 0.0526. The maximum Gasteiger partial charge on any atom is 0.173 e. The van der Waals surface area contributed by atoms with E-state index in [1.165, 1.54) is 0 Å². The van der Waals surface area contributed by atoms with Crippen molar-refractivity contribution < 1.29 is 4.43 Å². The fraction of sp³-hybridized carbons (Fsp3) is 1.00. The molecule has 2 unspecified atom stereocenters. The Morgan fingerprint density at radius 2 is 2.09 bits per heavy atom. The predicted molar refractivity (Wildman–Crippen MR) is 51.1 cm³/mol. The summed E-state index contributed by atoms with van der Waals surface area (Å²) < 4.78 is 5.23. The number of hydrogen-bond donors (Lipinski definition) is 2. The van der Waals surface area contributed by atoms with Gasteiger partial charge < -0.3 is 15.9 Å². The van der Waals surface area contributed by atoms with Crippen LogP contribution in [0.2, 0.25) is 12.6 Å². The van der Waals surface area contributed by atoms with Crippen LogP contribution in [-0.2, 0) is 4.43 Å². The first-order valence-corrected chi connectivity index (χ1v) is 6.63. The lowest BCUT2D eigenvalue weighted by atomic mass is 10.2. The Morgan fingerprint density at radius 1 is 1.45 bits per heavy atom. The second-order valence-electron chi connectivity index (χ2n) is 2.96. The van der Waals surface area contributed by atoms with Crippen LogP contribution < -0.4 is 11.5 Å². The molecule has 0 heterocycles. The van der Waals surface area contributed by atoms with E-state index in [1.54, 1.807) is 7.11 Å².